The highest BCUT2D eigenvalue weighted by Crippen LogP contribution is 2.31. The van der Waals surface area contributed by atoms with Crippen LogP contribution in [0.4, 0.5) is 23.1 Å². The number of benzene rings is 2. The molecule has 4 N–H and O–H groups in total. The molecule has 9 nitrogen and oxygen atoms in total. The Balaban J connectivity index is 1.62. The highest BCUT2D eigenvalue weighted by molar-refractivity contribution is 9.10. The van der Waals surface area contributed by atoms with Crippen molar-refractivity contribution in [2.24, 2.45) is 5.73 Å². The number of fused-ring (bicyclic) bond motifs is 1. The van der Waals surface area contributed by atoms with Crippen molar-refractivity contribution in [2.45, 2.75) is 19.6 Å². The minimum Gasteiger partial charge on any atom is -0.380 e. The van der Waals surface area contributed by atoms with Crippen LogP contribution in [0.2, 0.25) is 0 Å². The number of likely N-dealkylation sites (N-methyl/N-ethyl adjacent to an activating group) is 1. The number of hydrogen-bond acceptors (Lipinski definition) is 8. The van der Waals surface area contributed by atoms with Gasteiger partial charge in [-0.25, -0.2) is 0 Å². The monoisotopic (exact) mass is 497 g/mol. The third-order valence-corrected chi connectivity index (χ3v) is 5.86. The van der Waals surface area contributed by atoms with E-state index < -0.39 is 5.91 Å². The SMILES string of the molecule is COCc1cccc(Nc2nc(Nc3cc(Br)c4c(c3)CN(C)CC4)nnc2C(N)=O)c1. The summed E-state index contributed by atoms with van der Waals surface area (Å²) in [4.78, 5) is 18.6. The van der Waals surface area contributed by atoms with Gasteiger partial charge in [-0.3, -0.25) is 4.79 Å². The number of carbonyl (C=O) groups is 1. The summed E-state index contributed by atoms with van der Waals surface area (Å²) in [6.07, 6.45) is 0.994. The molecule has 0 spiro atoms. The lowest BCUT2D eigenvalue weighted by Crippen LogP contribution is -2.26. The number of nitrogens with one attached hydrogen (secondary N) is 2. The molecule has 2 aromatic carbocycles. The number of ether oxygens (including phenoxy) is 1. The molecule has 0 radical (unpaired) electrons. The van der Waals surface area contributed by atoms with Crippen LogP contribution < -0.4 is 16.4 Å². The van der Waals surface area contributed by atoms with E-state index in [0.29, 0.717) is 6.61 Å². The van der Waals surface area contributed by atoms with Gasteiger partial charge in [0.25, 0.3) is 5.91 Å². The zero-order valence-corrected chi connectivity index (χ0v) is 19.4. The average molecular weight is 498 g/mol. The van der Waals surface area contributed by atoms with Gasteiger partial charge in [0.15, 0.2) is 11.5 Å². The Labute approximate surface area is 194 Å². The van der Waals surface area contributed by atoms with Gasteiger partial charge < -0.3 is 26.0 Å². The molecule has 0 aliphatic carbocycles. The fraction of sp³-hybridized carbons (Fsp3) is 0.273. The van der Waals surface area contributed by atoms with Gasteiger partial charge in [0, 0.05) is 36.0 Å². The fourth-order valence-electron chi connectivity index (χ4n) is 3.66. The zero-order chi connectivity index (χ0) is 22.7. The Hall–Kier alpha value is -3.08. The van der Waals surface area contributed by atoms with Crippen molar-refractivity contribution in [2.75, 3.05) is 31.3 Å². The molecule has 1 amide bonds. The molecule has 2 heterocycles. The Morgan fingerprint density at radius 1 is 1.22 bits per heavy atom. The van der Waals surface area contributed by atoms with E-state index in [1.165, 1.54) is 11.1 Å². The molecule has 0 saturated carbocycles. The number of aromatic nitrogens is 3. The molecule has 1 aliphatic heterocycles. The second kappa shape index (κ2) is 9.60. The molecular weight excluding hydrogens is 474 g/mol. The molecular formula is C22H24BrN7O2. The van der Waals surface area contributed by atoms with Gasteiger partial charge in [-0.2, -0.15) is 4.98 Å². The number of hydrogen-bond donors (Lipinski definition) is 3. The first-order chi connectivity index (χ1) is 15.4. The number of carbonyl (C=O) groups excluding carboxylic acids is 1. The summed E-state index contributed by atoms with van der Waals surface area (Å²) in [5, 5.41) is 14.3. The second-order valence-corrected chi connectivity index (χ2v) is 8.52. The molecule has 0 bridgehead atoms. The van der Waals surface area contributed by atoms with E-state index in [9.17, 15) is 4.79 Å². The predicted octanol–water partition coefficient (Wildman–Crippen LogP) is 3.35. The van der Waals surface area contributed by atoms with Gasteiger partial charge in [-0.05, 0) is 54.4 Å². The van der Waals surface area contributed by atoms with Crippen LogP contribution in [0, 0.1) is 0 Å². The number of rotatable bonds is 7. The van der Waals surface area contributed by atoms with E-state index >= 15 is 0 Å². The molecule has 10 heteroatoms. The second-order valence-electron chi connectivity index (χ2n) is 7.66. The van der Waals surface area contributed by atoms with Crippen LogP contribution in [-0.2, 0) is 24.3 Å². The third-order valence-electron chi connectivity index (χ3n) is 5.15. The van der Waals surface area contributed by atoms with Crippen LogP contribution in [0.1, 0.15) is 27.2 Å². The molecule has 1 aromatic heterocycles. The van der Waals surface area contributed by atoms with E-state index in [0.717, 1.165) is 40.9 Å². The Morgan fingerprint density at radius 3 is 2.84 bits per heavy atom. The van der Waals surface area contributed by atoms with E-state index in [1.807, 2.05) is 30.3 Å². The molecule has 166 valence electrons. The lowest BCUT2D eigenvalue weighted by atomic mass is 9.99. The van der Waals surface area contributed by atoms with Crippen molar-refractivity contribution in [1.82, 2.24) is 20.1 Å². The van der Waals surface area contributed by atoms with Crippen LogP contribution in [-0.4, -0.2) is 46.7 Å². The third kappa shape index (κ3) is 5.04. The van der Waals surface area contributed by atoms with Gasteiger partial charge in [-0.1, -0.05) is 28.1 Å². The average Bonchev–Trinajstić information content (AvgIpc) is 2.74. The Bertz CT molecular complexity index is 1160. The first-order valence-electron chi connectivity index (χ1n) is 10.1. The highest BCUT2D eigenvalue weighted by atomic mass is 79.9. The first-order valence-corrected chi connectivity index (χ1v) is 10.9. The molecule has 4 rings (SSSR count). The van der Waals surface area contributed by atoms with Crippen molar-refractivity contribution >= 4 is 45.0 Å². The van der Waals surface area contributed by atoms with E-state index in [-0.39, 0.29) is 17.5 Å². The van der Waals surface area contributed by atoms with Gasteiger partial charge in [0.2, 0.25) is 5.95 Å². The Kier molecular flexibility index (Phi) is 6.63. The minimum absolute atomic E-state index is 0.0408. The van der Waals surface area contributed by atoms with Gasteiger partial charge in [0.05, 0.1) is 6.61 Å². The van der Waals surface area contributed by atoms with Gasteiger partial charge in [0.1, 0.15) is 0 Å². The lowest BCUT2D eigenvalue weighted by molar-refractivity contribution is 0.0995. The number of methoxy groups -OCH3 is 1. The summed E-state index contributed by atoms with van der Waals surface area (Å²) in [5.74, 6) is -0.241. The van der Waals surface area contributed by atoms with Crippen molar-refractivity contribution in [1.29, 1.82) is 0 Å². The van der Waals surface area contributed by atoms with Crippen molar-refractivity contribution in [3.05, 3.63) is 63.3 Å². The van der Waals surface area contributed by atoms with E-state index in [4.69, 9.17) is 10.5 Å². The largest absolute Gasteiger partial charge is 0.380 e. The number of halogens is 1. The standard InChI is InChI=1S/C22H24BrN7O2/c1-30-7-6-17-14(11-30)9-16(10-18(17)23)26-22-27-21(19(20(24)31)28-29-22)25-15-5-3-4-13(8-15)12-32-2/h3-5,8-10H,6-7,11-12H2,1-2H3,(H2,24,31)(H2,25,26,27,29). The van der Waals surface area contributed by atoms with Crippen molar-refractivity contribution in [3.63, 3.8) is 0 Å². The van der Waals surface area contributed by atoms with E-state index in [2.05, 4.69) is 59.8 Å². The van der Waals surface area contributed by atoms with Crippen molar-refractivity contribution in [3.8, 4) is 0 Å². The normalized spacial score (nSPS) is 13.5. The highest BCUT2D eigenvalue weighted by Gasteiger charge is 2.18. The van der Waals surface area contributed by atoms with Crippen LogP contribution >= 0.6 is 15.9 Å². The molecule has 0 saturated heterocycles. The summed E-state index contributed by atoms with van der Waals surface area (Å²) in [6.45, 7) is 2.36. The molecule has 32 heavy (non-hydrogen) atoms. The van der Waals surface area contributed by atoms with Crippen molar-refractivity contribution < 1.29 is 9.53 Å². The van der Waals surface area contributed by atoms with Crippen LogP contribution in [0.25, 0.3) is 0 Å². The summed E-state index contributed by atoms with van der Waals surface area (Å²) >= 11 is 3.68. The first kappa shape index (κ1) is 22.1. The molecule has 1 aliphatic rings. The summed E-state index contributed by atoms with van der Waals surface area (Å²) in [7, 11) is 3.74. The summed E-state index contributed by atoms with van der Waals surface area (Å²) in [5.41, 5.74) is 10.5. The summed E-state index contributed by atoms with van der Waals surface area (Å²) in [6, 6.07) is 11.7. The minimum atomic E-state index is -0.716. The lowest BCUT2D eigenvalue weighted by Gasteiger charge is -2.26. The van der Waals surface area contributed by atoms with Crippen LogP contribution in [0.15, 0.2) is 40.9 Å². The number of primary amides is 1. The molecule has 0 fully saturated rings. The zero-order valence-electron chi connectivity index (χ0n) is 17.9. The van der Waals surface area contributed by atoms with Crippen LogP contribution in [0.3, 0.4) is 0 Å². The fourth-order valence-corrected chi connectivity index (χ4v) is 4.36. The smallest absolute Gasteiger partial charge is 0.273 e. The molecule has 0 atom stereocenters. The number of anilines is 4. The maximum Gasteiger partial charge on any atom is 0.273 e. The maximum atomic E-state index is 11.9. The quantitative estimate of drug-likeness (QED) is 0.454. The molecule has 0 unspecified atom stereocenters. The topological polar surface area (TPSA) is 118 Å². The Morgan fingerprint density at radius 2 is 2.06 bits per heavy atom. The van der Waals surface area contributed by atoms with E-state index in [1.54, 1.807) is 7.11 Å². The number of nitrogens with zero attached hydrogens (tertiary/aromatic N) is 4. The maximum absolute atomic E-state index is 11.9. The number of nitrogens with two attached hydrogens (primary N) is 1. The summed E-state index contributed by atoms with van der Waals surface area (Å²) < 4.78 is 6.22. The van der Waals surface area contributed by atoms with Gasteiger partial charge in [-0.15, -0.1) is 10.2 Å². The molecule has 3 aromatic rings. The predicted molar refractivity (Wildman–Crippen MR) is 126 cm³/mol. The number of amides is 1. The van der Waals surface area contributed by atoms with Gasteiger partial charge >= 0.3 is 0 Å². The van der Waals surface area contributed by atoms with Crippen LogP contribution in [0.5, 0.6) is 0 Å².